The van der Waals surface area contributed by atoms with Gasteiger partial charge in [0.25, 0.3) is 0 Å². The zero-order valence-corrected chi connectivity index (χ0v) is 20.0. The van der Waals surface area contributed by atoms with Gasteiger partial charge < -0.3 is 15.4 Å². The highest BCUT2D eigenvalue weighted by molar-refractivity contribution is 7.89. The van der Waals surface area contributed by atoms with Crippen molar-refractivity contribution >= 4 is 16.1 Å². The largest absolute Gasteiger partial charge is 0.444 e. The van der Waals surface area contributed by atoms with Crippen molar-refractivity contribution in [3.8, 4) is 0 Å². The molecule has 3 rings (SSSR count). The molecule has 2 aromatic rings. The number of hydrogen-bond donors (Lipinski definition) is 2. The molecule has 32 heavy (non-hydrogen) atoms. The van der Waals surface area contributed by atoms with Crippen LogP contribution in [0.3, 0.4) is 0 Å². The first kappa shape index (κ1) is 24.2. The van der Waals surface area contributed by atoms with E-state index in [2.05, 4.69) is 10.6 Å². The van der Waals surface area contributed by atoms with Gasteiger partial charge in [-0.3, -0.25) is 0 Å². The normalized spacial score (nSPS) is 20.4. The number of hydrogen-bond acceptors (Lipinski definition) is 5. The SMILES string of the molecule is Cc1ccc(S(=O)(=O)N2C[C@@H](NC(=O)OC(C)(C)C)CNC[C@@H]2Cc2ccccc2)cc1. The van der Waals surface area contributed by atoms with Gasteiger partial charge in [0.05, 0.1) is 10.9 Å². The Labute approximate surface area is 191 Å². The van der Waals surface area contributed by atoms with Gasteiger partial charge in [-0.25, -0.2) is 13.2 Å². The lowest BCUT2D eigenvalue weighted by molar-refractivity contribution is 0.0500. The standard InChI is InChI=1S/C24H33N3O4S/c1-18-10-12-22(13-11-18)32(29,30)27-17-20(26-23(28)31-24(2,3)4)15-25-16-21(27)14-19-8-6-5-7-9-19/h5-13,20-21,25H,14-17H2,1-4H3,(H,26,28)/t20-,21-/m0/s1. The van der Waals surface area contributed by atoms with Crippen LogP contribution in [0, 0.1) is 6.92 Å². The molecule has 8 heteroatoms. The molecular weight excluding hydrogens is 426 g/mol. The van der Waals surface area contributed by atoms with Crippen LogP contribution in [0.1, 0.15) is 31.9 Å². The summed E-state index contributed by atoms with van der Waals surface area (Å²) >= 11 is 0. The van der Waals surface area contributed by atoms with Crippen LogP contribution < -0.4 is 10.6 Å². The molecule has 2 aromatic carbocycles. The molecule has 1 heterocycles. The van der Waals surface area contributed by atoms with Crippen LogP contribution >= 0.6 is 0 Å². The summed E-state index contributed by atoms with van der Waals surface area (Å²) in [7, 11) is -3.77. The summed E-state index contributed by atoms with van der Waals surface area (Å²) in [6, 6.07) is 16.0. The number of carbonyl (C=O) groups excluding carboxylic acids is 1. The third kappa shape index (κ3) is 6.54. The molecule has 0 aliphatic carbocycles. The van der Waals surface area contributed by atoms with E-state index in [9.17, 15) is 13.2 Å². The second kappa shape index (κ2) is 10.0. The smallest absolute Gasteiger partial charge is 0.407 e. The van der Waals surface area contributed by atoms with Crippen molar-refractivity contribution < 1.29 is 17.9 Å². The molecule has 1 fully saturated rings. The van der Waals surface area contributed by atoms with E-state index in [1.165, 1.54) is 4.31 Å². The zero-order valence-electron chi connectivity index (χ0n) is 19.2. The van der Waals surface area contributed by atoms with Gasteiger partial charge in [0.1, 0.15) is 5.60 Å². The predicted octanol–water partition coefficient (Wildman–Crippen LogP) is 3.09. The van der Waals surface area contributed by atoms with Crippen LogP contribution in [0.4, 0.5) is 4.79 Å². The Bertz CT molecular complexity index is 1000. The van der Waals surface area contributed by atoms with Crippen LogP contribution in [-0.2, 0) is 21.2 Å². The molecule has 0 unspecified atom stereocenters. The molecule has 1 amide bonds. The molecule has 174 valence electrons. The Kier molecular flexibility index (Phi) is 7.59. The van der Waals surface area contributed by atoms with Crippen LogP contribution in [0.2, 0.25) is 0 Å². The molecule has 1 aliphatic heterocycles. The van der Waals surface area contributed by atoms with E-state index in [0.29, 0.717) is 19.5 Å². The van der Waals surface area contributed by atoms with Crippen molar-refractivity contribution in [2.45, 2.75) is 56.7 Å². The first-order valence-electron chi connectivity index (χ1n) is 10.9. The minimum atomic E-state index is -3.77. The van der Waals surface area contributed by atoms with Gasteiger partial charge >= 0.3 is 6.09 Å². The summed E-state index contributed by atoms with van der Waals surface area (Å²) in [6.45, 7) is 8.38. The first-order valence-corrected chi connectivity index (χ1v) is 12.3. The fourth-order valence-electron chi connectivity index (χ4n) is 3.73. The monoisotopic (exact) mass is 459 g/mol. The van der Waals surface area contributed by atoms with Crippen molar-refractivity contribution in [3.05, 3.63) is 65.7 Å². The van der Waals surface area contributed by atoms with E-state index in [-0.39, 0.29) is 17.5 Å². The number of alkyl carbamates (subject to hydrolysis) is 1. The molecule has 0 bridgehead atoms. The van der Waals surface area contributed by atoms with E-state index in [1.807, 2.05) is 37.3 Å². The molecule has 0 aromatic heterocycles. The van der Waals surface area contributed by atoms with Gasteiger partial charge in [0, 0.05) is 25.7 Å². The van der Waals surface area contributed by atoms with E-state index >= 15 is 0 Å². The minimum Gasteiger partial charge on any atom is -0.444 e. The van der Waals surface area contributed by atoms with Crippen molar-refractivity contribution in [1.82, 2.24) is 14.9 Å². The van der Waals surface area contributed by atoms with Gasteiger partial charge in [0.15, 0.2) is 0 Å². The molecule has 0 saturated carbocycles. The van der Waals surface area contributed by atoms with Gasteiger partial charge in [-0.15, -0.1) is 0 Å². The molecular formula is C24H33N3O4S. The lowest BCUT2D eigenvalue weighted by atomic mass is 10.1. The quantitative estimate of drug-likeness (QED) is 0.717. The van der Waals surface area contributed by atoms with Gasteiger partial charge in [-0.2, -0.15) is 4.31 Å². The van der Waals surface area contributed by atoms with Crippen molar-refractivity contribution in [3.63, 3.8) is 0 Å². The topological polar surface area (TPSA) is 87.7 Å². The van der Waals surface area contributed by atoms with Crippen LogP contribution in [0.5, 0.6) is 0 Å². The maximum Gasteiger partial charge on any atom is 0.407 e. The van der Waals surface area contributed by atoms with E-state index in [0.717, 1.165) is 11.1 Å². The van der Waals surface area contributed by atoms with Crippen molar-refractivity contribution in [1.29, 1.82) is 0 Å². The lowest BCUT2D eigenvalue weighted by Gasteiger charge is -2.31. The van der Waals surface area contributed by atoms with Gasteiger partial charge in [-0.1, -0.05) is 48.0 Å². The van der Waals surface area contributed by atoms with E-state index in [1.54, 1.807) is 45.0 Å². The Morgan fingerprint density at radius 2 is 1.75 bits per heavy atom. The van der Waals surface area contributed by atoms with Crippen LogP contribution in [-0.4, -0.2) is 56.1 Å². The van der Waals surface area contributed by atoms with Crippen LogP contribution in [0.15, 0.2) is 59.5 Å². The second-order valence-electron chi connectivity index (χ2n) is 9.23. The van der Waals surface area contributed by atoms with E-state index < -0.39 is 27.8 Å². The number of rotatable bonds is 5. The Balaban J connectivity index is 1.88. The summed E-state index contributed by atoms with van der Waals surface area (Å²) in [4.78, 5) is 12.6. The van der Waals surface area contributed by atoms with Crippen molar-refractivity contribution in [2.24, 2.45) is 0 Å². The fraction of sp³-hybridized carbons (Fsp3) is 0.458. The molecule has 1 saturated heterocycles. The van der Waals surface area contributed by atoms with Crippen molar-refractivity contribution in [2.75, 3.05) is 19.6 Å². The lowest BCUT2D eigenvalue weighted by Crippen LogP contribution is -2.50. The number of amides is 1. The first-order chi connectivity index (χ1) is 15.0. The highest BCUT2D eigenvalue weighted by Gasteiger charge is 2.36. The summed E-state index contributed by atoms with van der Waals surface area (Å²) in [5.41, 5.74) is 1.42. The predicted molar refractivity (Wildman–Crippen MR) is 125 cm³/mol. The third-order valence-corrected chi connectivity index (χ3v) is 7.17. The number of sulfonamides is 1. The molecule has 2 atom stereocenters. The Morgan fingerprint density at radius 3 is 2.38 bits per heavy atom. The average Bonchev–Trinajstić information content (AvgIpc) is 2.90. The second-order valence-corrected chi connectivity index (χ2v) is 11.1. The van der Waals surface area contributed by atoms with Crippen LogP contribution in [0.25, 0.3) is 0 Å². The zero-order chi connectivity index (χ0) is 23.4. The molecule has 1 aliphatic rings. The Morgan fingerprint density at radius 1 is 1.09 bits per heavy atom. The van der Waals surface area contributed by atoms with E-state index in [4.69, 9.17) is 4.74 Å². The maximum atomic E-state index is 13.7. The van der Waals surface area contributed by atoms with Gasteiger partial charge in [0.2, 0.25) is 10.0 Å². The number of nitrogens with one attached hydrogen (secondary N) is 2. The summed E-state index contributed by atoms with van der Waals surface area (Å²) in [6.07, 6.45) is 0.0106. The molecule has 2 N–H and O–H groups in total. The fourth-order valence-corrected chi connectivity index (χ4v) is 5.40. The number of aryl methyl sites for hydroxylation is 1. The third-order valence-electron chi connectivity index (χ3n) is 5.24. The number of ether oxygens (including phenoxy) is 1. The Hall–Kier alpha value is -2.42. The van der Waals surface area contributed by atoms with Gasteiger partial charge in [-0.05, 0) is 51.8 Å². The highest BCUT2D eigenvalue weighted by Crippen LogP contribution is 2.23. The average molecular weight is 460 g/mol. The number of benzene rings is 2. The highest BCUT2D eigenvalue weighted by atomic mass is 32.2. The summed E-state index contributed by atoms with van der Waals surface area (Å²) < 4.78 is 34.2. The molecule has 0 spiro atoms. The summed E-state index contributed by atoms with van der Waals surface area (Å²) in [5, 5.41) is 6.15. The number of nitrogens with zero attached hydrogens (tertiary/aromatic N) is 1. The molecule has 7 nitrogen and oxygen atoms in total. The molecule has 0 radical (unpaired) electrons. The minimum absolute atomic E-state index is 0.153. The summed E-state index contributed by atoms with van der Waals surface area (Å²) in [5.74, 6) is 0. The number of carbonyl (C=O) groups is 1. The maximum absolute atomic E-state index is 13.7.